The molecule has 0 spiro atoms. The van der Waals surface area contributed by atoms with E-state index in [1.165, 1.54) is 0 Å². The second kappa shape index (κ2) is 5.40. The van der Waals surface area contributed by atoms with Crippen LogP contribution in [-0.2, 0) is 26.5 Å². The average molecular weight is 323 g/mol. The minimum atomic E-state index is -3.94. The van der Waals surface area contributed by atoms with Crippen molar-refractivity contribution >= 4 is 19.9 Å². The van der Waals surface area contributed by atoms with Crippen LogP contribution in [0.25, 0.3) is 0 Å². The van der Waals surface area contributed by atoms with Crippen molar-refractivity contribution in [2.24, 2.45) is 0 Å². The van der Waals surface area contributed by atoms with Gasteiger partial charge in [0, 0.05) is 11.6 Å². The predicted octanol–water partition coefficient (Wildman–Crippen LogP) is -0.217. The van der Waals surface area contributed by atoms with Gasteiger partial charge in [0.2, 0.25) is 10.0 Å². The average Bonchev–Trinajstić information content (AvgIpc) is 2.68. The predicted molar refractivity (Wildman–Crippen MR) is 69.7 cm³/mol. The van der Waals surface area contributed by atoms with Gasteiger partial charge in [-0.1, -0.05) is 0 Å². The molecule has 1 saturated heterocycles. The highest BCUT2D eigenvalue weighted by Crippen LogP contribution is 2.18. The Kier molecular flexibility index (Phi) is 4.14. The van der Waals surface area contributed by atoms with E-state index in [1.807, 2.05) is 0 Å². The van der Waals surface area contributed by atoms with Gasteiger partial charge in [-0.2, -0.15) is 0 Å². The number of sulfonamides is 1. The van der Waals surface area contributed by atoms with E-state index in [1.54, 1.807) is 0 Å². The van der Waals surface area contributed by atoms with Crippen molar-refractivity contribution < 1.29 is 26.3 Å². The van der Waals surface area contributed by atoms with Crippen LogP contribution >= 0.6 is 0 Å². The minimum Gasteiger partial charge on any atom is -0.392 e. The first-order valence-electron chi connectivity index (χ1n) is 5.85. The van der Waals surface area contributed by atoms with Crippen molar-refractivity contribution in [2.75, 3.05) is 11.5 Å². The molecule has 0 aliphatic carbocycles. The number of aliphatic hydroxyl groups is 1. The largest absolute Gasteiger partial charge is 0.392 e. The Bertz CT molecular complexity index is 714. The molecule has 2 N–H and O–H groups in total. The third-order valence-electron chi connectivity index (χ3n) is 3.05. The third kappa shape index (κ3) is 3.35. The molecular formula is C11H14FNO5S2. The molecule has 1 aromatic rings. The third-order valence-corrected chi connectivity index (χ3v) is 6.34. The summed E-state index contributed by atoms with van der Waals surface area (Å²) in [4.78, 5) is -0.202. The van der Waals surface area contributed by atoms with Crippen LogP contribution in [-0.4, -0.2) is 39.5 Å². The van der Waals surface area contributed by atoms with Crippen LogP contribution in [0.1, 0.15) is 12.0 Å². The second-order valence-corrected chi connectivity index (χ2v) is 8.58. The Morgan fingerprint density at radius 3 is 2.65 bits per heavy atom. The lowest BCUT2D eigenvalue weighted by Gasteiger charge is -2.12. The summed E-state index contributed by atoms with van der Waals surface area (Å²) in [7, 11) is -7.13. The molecule has 1 heterocycles. The molecule has 1 aromatic carbocycles. The zero-order valence-electron chi connectivity index (χ0n) is 10.4. The minimum absolute atomic E-state index is 0.0501. The molecule has 2 rings (SSSR count). The smallest absolute Gasteiger partial charge is 0.240 e. The lowest BCUT2D eigenvalue weighted by atomic mass is 10.2. The fraction of sp³-hybridized carbons (Fsp3) is 0.455. The second-order valence-electron chi connectivity index (χ2n) is 4.63. The van der Waals surface area contributed by atoms with Gasteiger partial charge in [-0.05, 0) is 24.6 Å². The van der Waals surface area contributed by atoms with Gasteiger partial charge >= 0.3 is 0 Å². The molecule has 112 valence electrons. The van der Waals surface area contributed by atoms with E-state index in [0.29, 0.717) is 0 Å². The summed E-state index contributed by atoms with van der Waals surface area (Å²) in [6.07, 6.45) is 0.218. The molecule has 1 aliphatic heterocycles. The fourth-order valence-electron chi connectivity index (χ4n) is 2.01. The van der Waals surface area contributed by atoms with Crippen molar-refractivity contribution in [2.45, 2.75) is 24.0 Å². The number of aliphatic hydroxyl groups excluding tert-OH is 1. The Labute approximate surface area is 116 Å². The first-order chi connectivity index (χ1) is 9.23. The number of nitrogens with one attached hydrogen (secondary N) is 1. The molecule has 20 heavy (non-hydrogen) atoms. The monoisotopic (exact) mass is 323 g/mol. The number of sulfone groups is 1. The summed E-state index contributed by atoms with van der Waals surface area (Å²) in [5.41, 5.74) is -0.132. The van der Waals surface area contributed by atoms with Gasteiger partial charge in [0.25, 0.3) is 0 Å². The van der Waals surface area contributed by atoms with Crippen molar-refractivity contribution in [1.82, 2.24) is 4.72 Å². The normalized spacial score (nSPS) is 22.0. The Hall–Kier alpha value is -1.03. The Morgan fingerprint density at radius 1 is 1.40 bits per heavy atom. The van der Waals surface area contributed by atoms with E-state index in [2.05, 4.69) is 4.72 Å². The molecule has 6 nitrogen and oxygen atoms in total. The lowest BCUT2D eigenvalue weighted by Crippen LogP contribution is -2.35. The zero-order chi connectivity index (χ0) is 15.0. The standard InChI is InChI=1S/C11H14FNO5S2/c12-11-2-1-10(5-8(11)6-14)20(17,18)13-9-3-4-19(15,16)7-9/h1-2,5,9,13-14H,3-4,6-7H2. The van der Waals surface area contributed by atoms with Crippen LogP contribution < -0.4 is 4.72 Å². The molecule has 9 heteroatoms. The molecule has 0 saturated carbocycles. The summed E-state index contributed by atoms with van der Waals surface area (Å²) < 4.78 is 62.2. The van der Waals surface area contributed by atoms with Gasteiger partial charge in [-0.25, -0.2) is 25.9 Å². The Balaban J connectivity index is 2.23. The zero-order valence-corrected chi connectivity index (χ0v) is 12.0. The van der Waals surface area contributed by atoms with E-state index in [4.69, 9.17) is 5.11 Å². The summed E-state index contributed by atoms with van der Waals surface area (Å²) in [5.74, 6) is -0.985. The molecular weight excluding hydrogens is 309 g/mol. The van der Waals surface area contributed by atoms with Crippen molar-refractivity contribution in [3.05, 3.63) is 29.6 Å². The van der Waals surface area contributed by atoms with Crippen molar-refractivity contribution in [3.8, 4) is 0 Å². The molecule has 1 unspecified atom stereocenters. The van der Waals surface area contributed by atoms with Crippen LogP contribution in [0.4, 0.5) is 4.39 Å². The molecule has 1 atom stereocenters. The quantitative estimate of drug-likeness (QED) is 0.798. The molecule has 1 fully saturated rings. The highest BCUT2D eigenvalue weighted by molar-refractivity contribution is 7.92. The highest BCUT2D eigenvalue weighted by Gasteiger charge is 2.31. The number of hydrogen-bond acceptors (Lipinski definition) is 5. The van der Waals surface area contributed by atoms with E-state index >= 15 is 0 Å². The fourth-order valence-corrected chi connectivity index (χ4v) is 5.11. The molecule has 0 aromatic heterocycles. The topological polar surface area (TPSA) is 101 Å². The number of rotatable bonds is 4. The SMILES string of the molecule is O=S1(=O)CCC(NS(=O)(=O)c2ccc(F)c(CO)c2)C1. The van der Waals surface area contributed by atoms with Crippen LogP contribution in [0.3, 0.4) is 0 Å². The van der Waals surface area contributed by atoms with E-state index < -0.39 is 38.3 Å². The van der Waals surface area contributed by atoms with Crippen LogP contribution in [0.2, 0.25) is 0 Å². The maximum atomic E-state index is 13.2. The number of halogens is 1. The van der Waals surface area contributed by atoms with Crippen LogP contribution in [0, 0.1) is 5.82 Å². The summed E-state index contributed by atoms with van der Waals surface area (Å²) in [5, 5.41) is 8.93. The maximum absolute atomic E-state index is 13.2. The van der Waals surface area contributed by atoms with Gasteiger partial charge in [0.05, 0.1) is 23.0 Å². The Morgan fingerprint density at radius 2 is 2.10 bits per heavy atom. The molecule has 0 bridgehead atoms. The number of hydrogen-bond donors (Lipinski definition) is 2. The van der Waals surface area contributed by atoms with Crippen molar-refractivity contribution in [3.63, 3.8) is 0 Å². The molecule has 0 amide bonds. The van der Waals surface area contributed by atoms with Gasteiger partial charge in [-0.3, -0.25) is 0 Å². The first-order valence-corrected chi connectivity index (χ1v) is 9.16. The van der Waals surface area contributed by atoms with E-state index in [9.17, 15) is 21.2 Å². The first kappa shape index (κ1) is 15.4. The van der Waals surface area contributed by atoms with Gasteiger partial charge in [0.1, 0.15) is 5.82 Å². The van der Waals surface area contributed by atoms with Crippen LogP contribution in [0.15, 0.2) is 23.1 Å². The lowest BCUT2D eigenvalue weighted by molar-refractivity contribution is 0.275. The summed E-state index contributed by atoms with van der Waals surface area (Å²) in [6.45, 7) is -0.618. The van der Waals surface area contributed by atoms with Gasteiger partial charge < -0.3 is 5.11 Å². The summed E-state index contributed by atoms with van der Waals surface area (Å²) >= 11 is 0. The van der Waals surface area contributed by atoms with E-state index in [-0.39, 0.29) is 28.4 Å². The highest BCUT2D eigenvalue weighted by atomic mass is 32.2. The van der Waals surface area contributed by atoms with E-state index in [0.717, 1.165) is 18.2 Å². The van der Waals surface area contributed by atoms with Gasteiger partial charge in [-0.15, -0.1) is 0 Å². The molecule has 1 aliphatic rings. The summed E-state index contributed by atoms with van der Waals surface area (Å²) in [6, 6.07) is 2.38. The maximum Gasteiger partial charge on any atom is 0.240 e. The van der Waals surface area contributed by atoms with Crippen molar-refractivity contribution in [1.29, 1.82) is 0 Å². The number of benzene rings is 1. The van der Waals surface area contributed by atoms with Crippen LogP contribution in [0.5, 0.6) is 0 Å². The molecule has 0 radical (unpaired) electrons. The van der Waals surface area contributed by atoms with Gasteiger partial charge in [0.15, 0.2) is 9.84 Å².